The zero-order chi connectivity index (χ0) is 22.9. The molecule has 1 atom stereocenters. The molecule has 0 radical (unpaired) electrons. The minimum absolute atomic E-state index is 0.101. The zero-order valence-electron chi connectivity index (χ0n) is 17.7. The van der Waals surface area contributed by atoms with Crippen LogP contribution in [0, 0.1) is 5.92 Å². The molecule has 2 amide bonds. The second-order valence-corrected chi connectivity index (χ2v) is 8.18. The minimum atomic E-state index is -0.485. The van der Waals surface area contributed by atoms with E-state index in [-0.39, 0.29) is 18.2 Å². The molecule has 0 spiro atoms. The van der Waals surface area contributed by atoms with Crippen molar-refractivity contribution >= 4 is 40.6 Å². The number of nitrogens with one attached hydrogen (secondary N) is 1. The van der Waals surface area contributed by atoms with Crippen LogP contribution >= 0.6 is 11.6 Å². The molecule has 1 N–H and O–H groups in total. The number of benzene rings is 2. The van der Waals surface area contributed by atoms with Gasteiger partial charge in [0.2, 0.25) is 17.6 Å². The maximum Gasteiger partial charge on any atom is 0.234 e. The first-order valence-corrected chi connectivity index (χ1v) is 10.7. The molecular formula is C24H20ClN5O3. The zero-order valence-corrected chi connectivity index (χ0v) is 18.5. The number of carbonyl (C=O) groups excluding carboxylic acids is 2. The first kappa shape index (κ1) is 21.0. The van der Waals surface area contributed by atoms with Gasteiger partial charge in [0.15, 0.2) is 0 Å². The van der Waals surface area contributed by atoms with E-state index in [1.165, 1.54) is 0 Å². The molecule has 8 nitrogen and oxygen atoms in total. The first-order chi connectivity index (χ1) is 16.0. The molecule has 2 aromatic carbocycles. The topological polar surface area (TPSA) is 88.8 Å². The van der Waals surface area contributed by atoms with Gasteiger partial charge < -0.3 is 15.0 Å². The molecule has 3 heterocycles. The van der Waals surface area contributed by atoms with E-state index in [2.05, 4.69) is 15.3 Å². The van der Waals surface area contributed by atoms with Crippen LogP contribution in [0.3, 0.4) is 0 Å². The summed E-state index contributed by atoms with van der Waals surface area (Å²) >= 11 is 5.94. The molecule has 9 heteroatoms. The molecular weight excluding hydrogens is 442 g/mol. The lowest BCUT2D eigenvalue weighted by atomic mass is 10.1. The van der Waals surface area contributed by atoms with Crippen molar-refractivity contribution in [1.29, 1.82) is 0 Å². The molecule has 1 aliphatic rings. The standard InChI is InChI=1S/C24H20ClN5O3/c1-33-21-8-3-15(20-14-29-10-2-9-26-24(29)28-20)11-19(21)27-23(32)16-12-22(31)30(13-16)18-6-4-17(25)5-7-18/h2-11,14,16H,12-13H2,1H3,(H,27,32)/t16-/m0/s1. The number of hydrogen-bond donors (Lipinski definition) is 1. The van der Waals surface area contributed by atoms with Crippen LogP contribution in [0.4, 0.5) is 11.4 Å². The Morgan fingerprint density at radius 2 is 2.03 bits per heavy atom. The number of nitrogens with zero attached hydrogens (tertiary/aromatic N) is 4. The Balaban J connectivity index is 1.37. The monoisotopic (exact) mass is 461 g/mol. The molecule has 1 fully saturated rings. The van der Waals surface area contributed by atoms with Crippen molar-refractivity contribution in [2.24, 2.45) is 5.92 Å². The number of ether oxygens (including phenoxy) is 1. The van der Waals surface area contributed by atoms with Crippen molar-refractivity contribution in [2.75, 3.05) is 23.9 Å². The van der Waals surface area contributed by atoms with E-state index in [1.54, 1.807) is 48.5 Å². The number of hydrogen-bond acceptors (Lipinski definition) is 5. The molecule has 1 saturated heterocycles. The Morgan fingerprint density at radius 1 is 1.21 bits per heavy atom. The van der Waals surface area contributed by atoms with E-state index in [4.69, 9.17) is 16.3 Å². The molecule has 2 aromatic heterocycles. The Bertz CT molecular complexity index is 1320. The number of carbonyl (C=O) groups is 2. The molecule has 0 saturated carbocycles. The van der Waals surface area contributed by atoms with Crippen molar-refractivity contribution in [2.45, 2.75) is 6.42 Å². The summed E-state index contributed by atoms with van der Waals surface area (Å²) in [6.45, 7) is 0.298. The van der Waals surface area contributed by atoms with Gasteiger partial charge in [-0.2, -0.15) is 0 Å². The summed E-state index contributed by atoms with van der Waals surface area (Å²) in [5, 5.41) is 3.53. The first-order valence-electron chi connectivity index (χ1n) is 10.4. The fourth-order valence-corrected chi connectivity index (χ4v) is 4.05. The highest BCUT2D eigenvalue weighted by atomic mass is 35.5. The number of anilines is 2. The van der Waals surface area contributed by atoms with E-state index in [0.29, 0.717) is 28.8 Å². The van der Waals surface area contributed by atoms with Crippen LogP contribution in [0.15, 0.2) is 67.1 Å². The Kier molecular flexibility index (Phi) is 5.43. The van der Waals surface area contributed by atoms with Crippen molar-refractivity contribution in [3.63, 3.8) is 0 Å². The summed E-state index contributed by atoms with van der Waals surface area (Å²) in [5.41, 5.74) is 2.76. The molecule has 166 valence electrons. The smallest absolute Gasteiger partial charge is 0.234 e. The average molecular weight is 462 g/mol. The van der Waals surface area contributed by atoms with Crippen LogP contribution in [0.1, 0.15) is 6.42 Å². The van der Waals surface area contributed by atoms with Gasteiger partial charge in [0.05, 0.1) is 24.4 Å². The Labute approximate surface area is 194 Å². The van der Waals surface area contributed by atoms with Gasteiger partial charge in [0, 0.05) is 47.8 Å². The number of amides is 2. The van der Waals surface area contributed by atoms with E-state index in [1.807, 2.05) is 35.0 Å². The molecule has 33 heavy (non-hydrogen) atoms. The maximum absolute atomic E-state index is 13.1. The molecule has 0 aliphatic carbocycles. The van der Waals surface area contributed by atoms with Gasteiger partial charge in [-0.3, -0.25) is 14.0 Å². The highest BCUT2D eigenvalue weighted by Crippen LogP contribution is 2.32. The number of imidazole rings is 1. The average Bonchev–Trinajstić information content (AvgIpc) is 3.43. The van der Waals surface area contributed by atoms with Crippen molar-refractivity contribution in [1.82, 2.24) is 14.4 Å². The highest BCUT2D eigenvalue weighted by molar-refractivity contribution is 6.30. The lowest BCUT2D eigenvalue weighted by Gasteiger charge is -2.17. The third kappa shape index (κ3) is 4.12. The van der Waals surface area contributed by atoms with Crippen LogP contribution < -0.4 is 15.0 Å². The van der Waals surface area contributed by atoms with Crippen LogP contribution in [-0.2, 0) is 9.59 Å². The second kappa shape index (κ2) is 8.55. The van der Waals surface area contributed by atoms with E-state index >= 15 is 0 Å². The molecule has 4 aromatic rings. The summed E-state index contributed by atoms with van der Waals surface area (Å²) < 4.78 is 7.27. The van der Waals surface area contributed by atoms with Gasteiger partial charge in [-0.1, -0.05) is 11.6 Å². The van der Waals surface area contributed by atoms with Crippen molar-refractivity contribution in [3.05, 3.63) is 72.1 Å². The van der Waals surface area contributed by atoms with E-state index in [0.717, 1.165) is 16.9 Å². The number of rotatable bonds is 5. The molecule has 0 bridgehead atoms. The summed E-state index contributed by atoms with van der Waals surface area (Å²) in [7, 11) is 1.54. The van der Waals surface area contributed by atoms with Gasteiger partial charge in [0.25, 0.3) is 0 Å². The highest BCUT2D eigenvalue weighted by Gasteiger charge is 2.35. The van der Waals surface area contributed by atoms with Crippen LogP contribution in [0.5, 0.6) is 5.75 Å². The summed E-state index contributed by atoms with van der Waals surface area (Å²) in [5.74, 6) is 0.275. The largest absolute Gasteiger partial charge is 0.495 e. The molecule has 1 aliphatic heterocycles. The fourth-order valence-electron chi connectivity index (χ4n) is 3.92. The second-order valence-electron chi connectivity index (χ2n) is 7.74. The van der Waals surface area contributed by atoms with Gasteiger partial charge in [0.1, 0.15) is 5.75 Å². The Hall–Kier alpha value is -3.91. The lowest BCUT2D eigenvalue weighted by molar-refractivity contribution is -0.122. The summed E-state index contributed by atoms with van der Waals surface area (Å²) in [6.07, 6.45) is 5.56. The van der Waals surface area contributed by atoms with Gasteiger partial charge in [-0.15, -0.1) is 0 Å². The van der Waals surface area contributed by atoms with E-state index in [9.17, 15) is 9.59 Å². The predicted molar refractivity (Wildman–Crippen MR) is 126 cm³/mol. The number of fused-ring (bicyclic) bond motifs is 1. The lowest BCUT2D eigenvalue weighted by Crippen LogP contribution is -2.28. The molecule has 0 unspecified atom stereocenters. The maximum atomic E-state index is 13.1. The van der Waals surface area contributed by atoms with E-state index < -0.39 is 5.92 Å². The SMILES string of the molecule is COc1ccc(-c2cn3cccnc3n2)cc1NC(=O)[C@H]1CC(=O)N(c2ccc(Cl)cc2)C1. The third-order valence-corrected chi connectivity index (χ3v) is 5.87. The minimum Gasteiger partial charge on any atom is -0.495 e. The summed E-state index contributed by atoms with van der Waals surface area (Å²) in [6, 6.07) is 14.3. The number of aromatic nitrogens is 3. The predicted octanol–water partition coefficient (Wildman–Crippen LogP) is 4.05. The van der Waals surface area contributed by atoms with Crippen molar-refractivity contribution in [3.8, 4) is 17.0 Å². The van der Waals surface area contributed by atoms with Gasteiger partial charge in [-0.25, -0.2) is 9.97 Å². The number of halogens is 1. The quantitative estimate of drug-likeness (QED) is 0.484. The third-order valence-electron chi connectivity index (χ3n) is 5.62. The fraction of sp³-hybridized carbons (Fsp3) is 0.167. The number of methoxy groups -OCH3 is 1. The Morgan fingerprint density at radius 3 is 2.79 bits per heavy atom. The van der Waals surface area contributed by atoms with Crippen LogP contribution in [0.25, 0.3) is 17.0 Å². The molecule has 5 rings (SSSR count). The summed E-state index contributed by atoms with van der Waals surface area (Å²) in [4.78, 5) is 36.0. The van der Waals surface area contributed by atoms with Gasteiger partial charge >= 0.3 is 0 Å². The van der Waals surface area contributed by atoms with Crippen LogP contribution in [0.2, 0.25) is 5.02 Å². The van der Waals surface area contributed by atoms with Crippen molar-refractivity contribution < 1.29 is 14.3 Å². The van der Waals surface area contributed by atoms with Gasteiger partial charge in [-0.05, 0) is 48.5 Å². The normalized spacial score (nSPS) is 15.8. The van der Waals surface area contributed by atoms with Crippen LogP contribution in [-0.4, -0.2) is 39.8 Å².